The molecule has 156 valence electrons. The molecule has 1 heterocycles. The number of sulfonamides is 1. The van der Waals surface area contributed by atoms with E-state index in [0.717, 1.165) is 24.3 Å². The van der Waals surface area contributed by atoms with E-state index < -0.39 is 21.8 Å². The van der Waals surface area contributed by atoms with Gasteiger partial charge in [-0.25, -0.2) is 8.42 Å². The zero-order valence-electron chi connectivity index (χ0n) is 15.2. The molecular formula is C19H18ClF3N2O3S. The third-order valence-corrected chi connectivity index (χ3v) is 6.99. The molecule has 3 rings (SSSR count). The van der Waals surface area contributed by atoms with Gasteiger partial charge in [-0.3, -0.25) is 4.79 Å². The fourth-order valence-corrected chi connectivity index (χ4v) is 4.68. The Hall–Kier alpha value is -2.10. The summed E-state index contributed by atoms with van der Waals surface area (Å²) >= 11 is 6.07. The minimum Gasteiger partial charge on any atom is -0.340 e. The van der Waals surface area contributed by atoms with Crippen LogP contribution in [-0.4, -0.2) is 49.7 Å². The van der Waals surface area contributed by atoms with Crippen molar-refractivity contribution in [1.82, 2.24) is 9.21 Å². The maximum absolute atomic E-state index is 12.7. The SMILES string of the molecule is O=C(Cc1ccccc1Cl)N1CCN(S(=O)(=O)c2ccc(C(F)(F)F)cc2)CC1. The maximum atomic E-state index is 12.7. The molecule has 2 aromatic carbocycles. The van der Waals surface area contributed by atoms with Gasteiger partial charge >= 0.3 is 6.18 Å². The molecule has 0 aromatic heterocycles. The summed E-state index contributed by atoms with van der Waals surface area (Å²) in [6.07, 6.45) is -4.42. The monoisotopic (exact) mass is 446 g/mol. The van der Waals surface area contributed by atoms with Crippen molar-refractivity contribution in [3.63, 3.8) is 0 Å². The summed E-state index contributed by atoms with van der Waals surface area (Å²) in [4.78, 5) is 13.8. The van der Waals surface area contributed by atoms with Gasteiger partial charge in [0.15, 0.2) is 0 Å². The van der Waals surface area contributed by atoms with Crippen LogP contribution >= 0.6 is 11.6 Å². The van der Waals surface area contributed by atoms with Crippen LogP contribution in [0.1, 0.15) is 11.1 Å². The first kappa shape index (κ1) is 21.6. The number of hydrogen-bond acceptors (Lipinski definition) is 3. The van der Waals surface area contributed by atoms with Crippen LogP contribution in [0.4, 0.5) is 13.2 Å². The van der Waals surface area contributed by atoms with E-state index in [0.29, 0.717) is 10.6 Å². The third-order valence-electron chi connectivity index (χ3n) is 4.71. The number of carbonyl (C=O) groups excluding carboxylic acids is 1. The van der Waals surface area contributed by atoms with Gasteiger partial charge in [0.05, 0.1) is 16.9 Å². The highest BCUT2D eigenvalue weighted by atomic mass is 35.5. The number of benzene rings is 2. The van der Waals surface area contributed by atoms with Gasteiger partial charge in [0.25, 0.3) is 0 Å². The standard InChI is InChI=1S/C19H18ClF3N2O3S/c20-17-4-2-1-3-14(17)13-18(26)24-9-11-25(12-10-24)29(27,28)16-7-5-15(6-8-16)19(21,22)23/h1-8H,9-13H2. The van der Waals surface area contributed by atoms with Crippen molar-refractivity contribution in [1.29, 1.82) is 0 Å². The van der Waals surface area contributed by atoms with Crippen LogP contribution in [0, 0.1) is 0 Å². The first-order valence-electron chi connectivity index (χ1n) is 8.77. The second-order valence-electron chi connectivity index (χ2n) is 6.58. The van der Waals surface area contributed by atoms with Crippen molar-refractivity contribution in [3.05, 3.63) is 64.7 Å². The van der Waals surface area contributed by atoms with Crippen molar-refractivity contribution >= 4 is 27.5 Å². The molecule has 1 aliphatic heterocycles. The summed E-state index contributed by atoms with van der Waals surface area (Å²) in [7, 11) is -3.93. The van der Waals surface area contributed by atoms with Crippen LogP contribution in [0.2, 0.25) is 5.02 Å². The van der Waals surface area contributed by atoms with E-state index >= 15 is 0 Å². The number of halogens is 4. The highest BCUT2D eigenvalue weighted by Gasteiger charge is 2.33. The van der Waals surface area contributed by atoms with E-state index in [4.69, 9.17) is 11.6 Å². The predicted molar refractivity (Wildman–Crippen MR) is 102 cm³/mol. The number of amides is 1. The highest BCUT2D eigenvalue weighted by Crippen LogP contribution is 2.30. The molecule has 0 unspecified atom stereocenters. The summed E-state index contributed by atoms with van der Waals surface area (Å²) in [6.45, 7) is 0.529. The molecule has 0 radical (unpaired) electrons. The van der Waals surface area contributed by atoms with Gasteiger partial charge in [-0.15, -0.1) is 0 Å². The molecule has 29 heavy (non-hydrogen) atoms. The minimum atomic E-state index is -4.53. The minimum absolute atomic E-state index is 0.0671. The summed E-state index contributed by atoms with van der Waals surface area (Å²) in [5, 5.41) is 0.490. The zero-order valence-corrected chi connectivity index (χ0v) is 16.8. The van der Waals surface area contributed by atoms with E-state index in [2.05, 4.69) is 0 Å². The van der Waals surface area contributed by atoms with Crippen LogP contribution in [0.25, 0.3) is 0 Å². The fourth-order valence-electron chi connectivity index (χ4n) is 3.06. The maximum Gasteiger partial charge on any atom is 0.416 e. The molecule has 2 aromatic rings. The Morgan fingerprint density at radius 1 is 0.966 bits per heavy atom. The van der Waals surface area contributed by atoms with E-state index in [1.807, 2.05) is 0 Å². The van der Waals surface area contributed by atoms with Crippen molar-refractivity contribution in [2.45, 2.75) is 17.5 Å². The van der Waals surface area contributed by atoms with Crippen molar-refractivity contribution in [2.24, 2.45) is 0 Å². The van der Waals surface area contributed by atoms with Gasteiger partial charge < -0.3 is 4.90 Å². The normalized spacial score (nSPS) is 16.1. The lowest BCUT2D eigenvalue weighted by atomic mass is 10.1. The molecule has 1 saturated heterocycles. The number of alkyl halides is 3. The first-order chi connectivity index (χ1) is 13.6. The lowest BCUT2D eigenvalue weighted by Gasteiger charge is -2.34. The largest absolute Gasteiger partial charge is 0.416 e. The highest BCUT2D eigenvalue weighted by molar-refractivity contribution is 7.89. The van der Waals surface area contributed by atoms with E-state index in [9.17, 15) is 26.4 Å². The number of rotatable bonds is 4. The molecule has 1 aliphatic rings. The molecule has 10 heteroatoms. The summed E-state index contributed by atoms with van der Waals surface area (Å²) in [6, 6.07) is 10.4. The van der Waals surface area contributed by atoms with Crippen molar-refractivity contribution in [2.75, 3.05) is 26.2 Å². The van der Waals surface area contributed by atoms with Crippen molar-refractivity contribution in [3.8, 4) is 0 Å². The summed E-state index contributed by atoms with van der Waals surface area (Å²) in [5.41, 5.74) is -0.217. The van der Waals surface area contributed by atoms with Gasteiger partial charge in [-0.1, -0.05) is 29.8 Å². The molecule has 1 amide bonds. The molecule has 0 spiro atoms. The molecule has 0 N–H and O–H groups in total. The van der Waals surface area contributed by atoms with Crippen LogP contribution in [0.5, 0.6) is 0 Å². The molecular weight excluding hydrogens is 429 g/mol. The second kappa shape index (κ2) is 8.33. The van der Waals surface area contributed by atoms with Gasteiger partial charge in [0.1, 0.15) is 0 Å². The molecule has 5 nitrogen and oxygen atoms in total. The number of nitrogens with zero attached hydrogens (tertiary/aromatic N) is 2. The Bertz CT molecular complexity index is 987. The van der Waals surface area contributed by atoms with Crippen LogP contribution in [0.3, 0.4) is 0 Å². The molecule has 0 saturated carbocycles. The summed E-state index contributed by atoms with van der Waals surface area (Å²) < 4.78 is 64.5. The fraction of sp³-hybridized carbons (Fsp3) is 0.316. The number of hydrogen-bond donors (Lipinski definition) is 0. The van der Waals surface area contributed by atoms with Gasteiger partial charge in [0, 0.05) is 31.2 Å². The lowest BCUT2D eigenvalue weighted by Crippen LogP contribution is -2.50. The van der Waals surface area contributed by atoms with E-state index in [-0.39, 0.29) is 43.4 Å². The van der Waals surface area contributed by atoms with Crippen molar-refractivity contribution < 1.29 is 26.4 Å². The average molecular weight is 447 g/mol. The van der Waals surface area contributed by atoms with E-state index in [1.54, 1.807) is 29.2 Å². The Balaban J connectivity index is 1.63. The zero-order chi connectivity index (χ0) is 21.2. The summed E-state index contributed by atoms with van der Waals surface area (Å²) in [5.74, 6) is -0.162. The average Bonchev–Trinajstić information content (AvgIpc) is 2.69. The Morgan fingerprint density at radius 2 is 1.55 bits per heavy atom. The number of piperazine rings is 1. The Labute approximate surface area is 171 Å². The molecule has 0 aliphatic carbocycles. The molecule has 0 bridgehead atoms. The quantitative estimate of drug-likeness (QED) is 0.723. The Morgan fingerprint density at radius 3 is 2.10 bits per heavy atom. The van der Waals surface area contributed by atoms with Gasteiger partial charge in [-0.05, 0) is 35.9 Å². The lowest BCUT2D eigenvalue weighted by molar-refractivity contribution is -0.137. The smallest absolute Gasteiger partial charge is 0.340 e. The molecule has 1 fully saturated rings. The second-order valence-corrected chi connectivity index (χ2v) is 8.92. The third kappa shape index (κ3) is 4.91. The van der Waals surface area contributed by atoms with Gasteiger partial charge in [0.2, 0.25) is 15.9 Å². The van der Waals surface area contributed by atoms with Crippen LogP contribution in [-0.2, 0) is 27.4 Å². The first-order valence-corrected chi connectivity index (χ1v) is 10.6. The van der Waals surface area contributed by atoms with E-state index in [1.165, 1.54) is 4.31 Å². The Kier molecular flexibility index (Phi) is 6.21. The predicted octanol–water partition coefficient (Wildman–Crippen LogP) is 3.43. The topological polar surface area (TPSA) is 57.7 Å². The molecule has 0 atom stereocenters. The van der Waals surface area contributed by atoms with Gasteiger partial charge in [-0.2, -0.15) is 17.5 Å². The number of carbonyl (C=O) groups is 1. The van der Waals surface area contributed by atoms with Crippen LogP contribution in [0.15, 0.2) is 53.4 Å². The van der Waals surface area contributed by atoms with Crippen LogP contribution < -0.4 is 0 Å².